The second-order valence-corrected chi connectivity index (χ2v) is 6.62. The fourth-order valence-electron chi connectivity index (χ4n) is 2.26. The molecule has 0 N–H and O–H groups in total. The number of aryl methyl sites for hydroxylation is 1. The molecule has 0 unspecified atom stereocenters. The summed E-state index contributed by atoms with van der Waals surface area (Å²) in [5.41, 5.74) is -0.570. The van der Waals surface area contributed by atoms with Crippen molar-refractivity contribution in [1.29, 1.82) is 0 Å². The topological polar surface area (TPSA) is 94.2 Å². The van der Waals surface area contributed by atoms with Crippen molar-refractivity contribution in [3.05, 3.63) is 40.2 Å². The van der Waals surface area contributed by atoms with Gasteiger partial charge in [0.15, 0.2) is 5.16 Å². The van der Waals surface area contributed by atoms with E-state index in [9.17, 15) is 28.1 Å². The lowest BCUT2D eigenvalue weighted by Crippen LogP contribution is -2.39. The normalized spacial score (nSPS) is 11.4. The smallest absolute Gasteiger partial charge is 0.330 e. The van der Waals surface area contributed by atoms with Gasteiger partial charge in [-0.1, -0.05) is 6.92 Å². The molecule has 0 saturated carbocycles. The van der Waals surface area contributed by atoms with E-state index in [0.717, 1.165) is 17.8 Å². The van der Waals surface area contributed by atoms with Crippen molar-refractivity contribution in [2.75, 3.05) is 13.1 Å². The standard InChI is InChI=1S/C15H16F3N5O3S/c1-3-6-22(8-15(16,17)18)13(24)10-4-5-12(11(7-10)23(25)26)27-14-20-19-9-21(14)2/h4-5,7,9H,3,6,8H2,1-2H3. The summed E-state index contributed by atoms with van der Waals surface area (Å²) < 4.78 is 39.7. The third kappa shape index (κ3) is 5.42. The summed E-state index contributed by atoms with van der Waals surface area (Å²) in [6, 6.07) is 3.58. The first-order chi connectivity index (χ1) is 12.6. The van der Waals surface area contributed by atoms with E-state index < -0.39 is 29.2 Å². The van der Waals surface area contributed by atoms with Crippen LogP contribution in [0.3, 0.4) is 0 Å². The molecule has 1 aromatic heterocycles. The summed E-state index contributed by atoms with van der Waals surface area (Å²) in [5.74, 6) is -0.910. The van der Waals surface area contributed by atoms with E-state index in [1.54, 1.807) is 18.5 Å². The molecule has 1 heterocycles. The molecular formula is C15H16F3N5O3S. The first kappa shape index (κ1) is 20.7. The van der Waals surface area contributed by atoms with Crippen molar-refractivity contribution in [3.63, 3.8) is 0 Å². The minimum atomic E-state index is -4.56. The van der Waals surface area contributed by atoms with Crippen molar-refractivity contribution in [1.82, 2.24) is 19.7 Å². The largest absolute Gasteiger partial charge is 0.406 e. The number of alkyl halides is 3. The Hall–Kier alpha value is -2.63. The molecule has 0 atom stereocenters. The third-order valence-corrected chi connectivity index (χ3v) is 4.54. The van der Waals surface area contributed by atoms with Crippen LogP contribution in [0.15, 0.2) is 34.6 Å². The van der Waals surface area contributed by atoms with E-state index in [-0.39, 0.29) is 17.0 Å². The van der Waals surface area contributed by atoms with E-state index in [1.165, 1.54) is 18.5 Å². The monoisotopic (exact) mass is 403 g/mol. The van der Waals surface area contributed by atoms with E-state index in [1.807, 2.05) is 0 Å². The van der Waals surface area contributed by atoms with Crippen molar-refractivity contribution in [2.24, 2.45) is 7.05 Å². The summed E-state index contributed by atoms with van der Waals surface area (Å²) in [4.78, 5) is 24.0. The predicted molar refractivity (Wildman–Crippen MR) is 90.5 cm³/mol. The molecule has 0 saturated heterocycles. The summed E-state index contributed by atoms with van der Waals surface area (Å²) in [6.07, 6.45) is -2.81. The highest BCUT2D eigenvalue weighted by Crippen LogP contribution is 2.34. The number of rotatable bonds is 7. The zero-order chi connectivity index (χ0) is 20.2. The number of aromatic nitrogens is 3. The van der Waals surface area contributed by atoms with Crippen LogP contribution >= 0.6 is 11.8 Å². The van der Waals surface area contributed by atoms with Crippen LogP contribution in [0, 0.1) is 10.1 Å². The Morgan fingerprint density at radius 2 is 2.11 bits per heavy atom. The number of nitro groups is 1. The maximum atomic E-state index is 12.7. The average Bonchev–Trinajstić information content (AvgIpc) is 2.97. The molecule has 0 aliphatic rings. The number of nitrogens with zero attached hydrogens (tertiary/aromatic N) is 5. The van der Waals surface area contributed by atoms with Crippen LogP contribution in [0.1, 0.15) is 23.7 Å². The van der Waals surface area contributed by atoms with Crippen LogP contribution in [-0.4, -0.2) is 49.8 Å². The average molecular weight is 403 g/mol. The number of benzene rings is 1. The van der Waals surface area contributed by atoms with Crippen molar-refractivity contribution >= 4 is 23.4 Å². The molecule has 27 heavy (non-hydrogen) atoms. The van der Waals surface area contributed by atoms with Gasteiger partial charge in [0.05, 0.1) is 9.82 Å². The third-order valence-electron chi connectivity index (χ3n) is 3.42. The number of amides is 1. The minimum Gasteiger partial charge on any atom is -0.330 e. The van der Waals surface area contributed by atoms with Crippen LogP contribution in [0.25, 0.3) is 0 Å². The number of carbonyl (C=O) groups is 1. The Kier molecular flexibility index (Phi) is 6.41. The Labute approximate surface area is 156 Å². The SMILES string of the molecule is CCCN(CC(F)(F)F)C(=O)c1ccc(Sc2nncn2C)c([N+](=O)[O-])c1. The van der Waals surface area contributed by atoms with Crippen LogP contribution in [0.5, 0.6) is 0 Å². The van der Waals surface area contributed by atoms with Crippen LogP contribution in [-0.2, 0) is 7.05 Å². The lowest BCUT2D eigenvalue weighted by Gasteiger charge is -2.23. The Bertz CT molecular complexity index is 840. The molecule has 0 spiro atoms. The zero-order valence-electron chi connectivity index (χ0n) is 14.4. The predicted octanol–water partition coefficient (Wildman–Crippen LogP) is 3.29. The zero-order valence-corrected chi connectivity index (χ0v) is 15.3. The van der Waals surface area contributed by atoms with Crippen molar-refractivity contribution in [3.8, 4) is 0 Å². The van der Waals surface area contributed by atoms with E-state index in [4.69, 9.17) is 0 Å². The highest BCUT2D eigenvalue weighted by Gasteiger charge is 2.33. The fourth-order valence-corrected chi connectivity index (χ4v) is 3.11. The highest BCUT2D eigenvalue weighted by molar-refractivity contribution is 7.99. The first-order valence-electron chi connectivity index (χ1n) is 7.78. The van der Waals surface area contributed by atoms with Crippen molar-refractivity contribution in [2.45, 2.75) is 29.6 Å². The van der Waals surface area contributed by atoms with Crippen molar-refractivity contribution < 1.29 is 22.9 Å². The van der Waals surface area contributed by atoms with Gasteiger partial charge in [0.25, 0.3) is 11.6 Å². The molecule has 0 aliphatic heterocycles. The Morgan fingerprint density at radius 1 is 1.41 bits per heavy atom. The summed E-state index contributed by atoms with van der Waals surface area (Å²) >= 11 is 0.968. The molecule has 8 nitrogen and oxygen atoms in total. The summed E-state index contributed by atoms with van der Waals surface area (Å²) in [7, 11) is 1.66. The molecule has 2 aromatic rings. The maximum Gasteiger partial charge on any atom is 0.406 e. The van der Waals surface area contributed by atoms with Crippen LogP contribution < -0.4 is 0 Å². The van der Waals surface area contributed by atoms with Gasteiger partial charge in [-0.05, 0) is 30.3 Å². The summed E-state index contributed by atoms with van der Waals surface area (Å²) in [6.45, 7) is 0.115. The van der Waals surface area contributed by atoms with Crippen LogP contribution in [0.2, 0.25) is 0 Å². The lowest BCUT2D eigenvalue weighted by atomic mass is 10.1. The number of hydrogen-bond acceptors (Lipinski definition) is 6. The molecule has 0 bridgehead atoms. The highest BCUT2D eigenvalue weighted by atomic mass is 32.2. The maximum absolute atomic E-state index is 12.7. The number of halogens is 3. The second kappa shape index (κ2) is 8.37. The van der Waals surface area contributed by atoms with Gasteiger partial charge < -0.3 is 9.47 Å². The van der Waals surface area contributed by atoms with Gasteiger partial charge in [0.1, 0.15) is 12.9 Å². The van der Waals surface area contributed by atoms with E-state index in [2.05, 4.69) is 10.2 Å². The molecule has 1 amide bonds. The van der Waals surface area contributed by atoms with Gasteiger partial charge in [-0.15, -0.1) is 10.2 Å². The first-order valence-corrected chi connectivity index (χ1v) is 8.60. The van der Waals surface area contributed by atoms with Gasteiger partial charge in [-0.25, -0.2) is 0 Å². The second-order valence-electron chi connectivity index (χ2n) is 5.61. The van der Waals surface area contributed by atoms with Crippen LogP contribution in [0.4, 0.5) is 18.9 Å². The van der Waals surface area contributed by atoms with Gasteiger partial charge in [0, 0.05) is 25.2 Å². The molecular weight excluding hydrogens is 387 g/mol. The van der Waals surface area contributed by atoms with Gasteiger partial charge >= 0.3 is 6.18 Å². The van der Waals surface area contributed by atoms with Gasteiger partial charge in [-0.2, -0.15) is 13.2 Å². The van der Waals surface area contributed by atoms with Gasteiger partial charge in [0.2, 0.25) is 0 Å². The molecule has 0 radical (unpaired) electrons. The number of carbonyl (C=O) groups excluding carboxylic acids is 1. The fraction of sp³-hybridized carbons (Fsp3) is 0.400. The van der Waals surface area contributed by atoms with E-state index in [0.29, 0.717) is 16.5 Å². The Balaban J connectivity index is 2.34. The Morgan fingerprint density at radius 3 is 2.63 bits per heavy atom. The number of nitro benzene ring substituents is 1. The number of hydrogen-bond donors (Lipinski definition) is 0. The molecule has 0 fully saturated rings. The molecule has 1 aromatic carbocycles. The molecule has 146 valence electrons. The molecule has 12 heteroatoms. The molecule has 0 aliphatic carbocycles. The minimum absolute atomic E-state index is 0.110. The van der Waals surface area contributed by atoms with E-state index >= 15 is 0 Å². The van der Waals surface area contributed by atoms with Gasteiger partial charge in [-0.3, -0.25) is 14.9 Å². The quantitative estimate of drug-likeness (QED) is 0.520. The lowest BCUT2D eigenvalue weighted by molar-refractivity contribution is -0.387. The molecule has 2 rings (SSSR count). The summed E-state index contributed by atoms with van der Waals surface area (Å²) in [5, 5.41) is 19.3.